The van der Waals surface area contributed by atoms with Gasteiger partial charge in [0.05, 0.1) is 36.4 Å². The number of imidazole rings is 2. The van der Waals surface area contributed by atoms with Gasteiger partial charge in [0.15, 0.2) is 5.52 Å². The molecule has 5 aromatic rings. The fraction of sp³-hybridized carbons (Fsp3) is 0.160. The monoisotopic (exact) mass is 461 g/mol. The van der Waals surface area contributed by atoms with Crippen LogP contribution in [0.25, 0.3) is 28.1 Å². The van der Waals surface area contributed by atoms with Crippen molar-refractivity contribution in [2.45, 2.75) is 19.9 Å². The summed E-state index contributed by atoms with van der Waals surface area (Å²) in [6.45, 7) is 3.61. The third-order valence-corrected chi connectivity index (χ3v) is 5.80. The number of nitrogens with one attached hydrogen (secondary N) is 1. The number of nitrogens with zero attached hydrogens (tertiary/aromatic N) is 4. The molecule has 7 nitrogen and oxygen atoms in total. The summed E-state index contributed by atoms with van der Waals surface area (Å²) in [5, 5.41) is 0. The minimum absolute atomic E-state index is 0.231. The summed E-state index contributed by atoms with van der Waals surface area (Å²) >= 11 is 0. The first kappa shape index (κ1) is 21.6. The lowest BCUT2D eigenvalue weighted by molar-refractivity contribution is 0.413. The van der Waals surface area contributed by atoms with Crippen molar-refractivity contribution in [3.05, 3.63) is 94.4 Å². The number of fused-ring (bicyclic) bond motifs is 1. The lowest BCUT2D eigenvalue weighted by atomic mass is 10.1. The summed E-state index contributed by atoms with van der Waals surface area (Å²) < 4.78 is 36.2. The molecule has 0 bridgehead atoms. The molecule has 172 valence electrons. The number of ether oxygens (including phenoxy) is 1. The van der Waals surface area contributed by atoms with E-state index in [0.29, 0.717) is 22.7 Å². The van der Waals surface area contributed by atoms with Crippen molar-refractivity contribution >= 4 is 11.0 Å². The van der Waals surface area contributed by atoms with Gasteiger partial charge in [0.25, 0.3) is 5.56 Å². The van der Waals surface area contributed by atoms with Crippen molar-refractivity contribution in [2.24, 2.45) is 0 Å². The fourth-order valence-corrected chi connectivity index (χ4v) is 4.03. The molecule has 0 aliphatic rings. The van der Waals surface area contributed by atoms with Gasteiger partial charge in [-0.3, -0.25) is 4.79 Å². The van der Waals surface area contributed by atoms with Crippen LogP contribution in [-0.4, -0.2) is 31.2 Å². The van der Waals surface area contributed by atoms with Crippen LogP contribution in [0.15, 0.2) is 66.0 Å². The highest BCUT2D eigenvalue weighted by molar-refractivity contribution is 5.79. The maximum atomic E-state index is 13.7. The molecular formula is C25H21F2N5O2. The van der Waals surface area contributed by atoms with Gasteiger partial charge in [0, 0.05) is 24.0 Å². The summed E-state index contributed by atoms with van der Waals surface area (Å²) in [6, 6.07) is 9.98. The Bertz CT molecular complexity index is 1560. The van der Waals surface area contributed by atoms with E-state index >= 15 is 0 Å². The van der Waals surface area contributed by atoms with E-state index in [1.807, 2.05) is 35.9 Å². The topological polar surface area (TPSA) is 77.7 Å². The molecule has 0 aliphatic heterocycles. The predicted octanol–water partition coefficient (Wildman–Crippen LogP) is 4.78. The van der Waals surface area contributed by atoms with E-state index in [2.05, 4.69) is 15.0 Å². The van der Waals surface area contributed by atoms with Gasteiger partial charge >= 0.3 is 0 Å². The van der Waals surface area contributed by atoms with E-state index in [1.165, 1.54) is 16.7 Å². The number of halogens is 2. The summed E-state index contributed by atoms with van der Waals surface area (Å²) in [5.41, 5.74) is 3.22. The van der Waals surface area contributed by atoms with Crippen molar-refractivity contribution in [1.29, 1.82) is 0 Å². The number of aromatic nitrogens is 5. The number of H-pyrrole nitrogens is 1. The molecule has 3 aromatic heterocycles. The number of rotatable bonds is 5. The zero-order valence-electron chi connectivity index (χ0n) is 18.7. The van der Waals surface area contributed by atoms with E-state index in [9.17, 15) is 13.6 Å². The Kier molecular flexibility index (Phi) is 5.24. The lowest BCUT2D eigenvalue weighted by Crippen LogP contribution is -2.23. The average molecular weight is 461 g/mol. The highest BCUT2D eigenvalue weighted by Crippen LogP contribution is 2.29. The van der Waals surface area contributed by atoms with Gasteiger partial charge in [-0.05, 0) is 55.8 Å². The minimum atomic E-state index is -0.693. The lowest BCUT2D eigenvalue weighted by Gasteiger charge is -2.15. The summed E-state index contributed by atoms with van der Waals surface area (Å²) in [5.74, 6) is -0.266. The molecule has 1 unspecified atom stereocenters. The van der Waals surface area contributed by atoms with E-state index in [4.69, 9.17) is 4.74 Å². The van der Waals surface area contributed by atoms with Crippen LogP contribution in [0.4, 0.5) is 8.78 Å². The van der Waals surface area contributed by atoms with Crippen LogP contribution < -0.4 is 10.3 Å². The standard InChI is InChI=1S/C25H21F2N5O2/c1-14-12-31(13-28-14)21-5-4-16(10-22(21)34-3)24-29-20-6-7-32(25(33)23(20)30-24)15(2)17-8-18(26)11-19(27)9-17/h4-13,15H,1-3H3,(H,29,30). The van der Waals surface area contributed by atoms with Crippen molar-refractivity contribution in [2.75, 3.05) is 7.11 Å². The van der Waals surface area contributed by atoms with Crippen molar-refractivity contribution in [1.82, 2.24) is 24.1 Å². The molecule has 1 N–H and O–H groups in total. The Hall–Kier alpha value is -4.27. The molecule has 2 aromatic carbocycles. The van der Waals surface area contributed by atoms with Crippen LogP contribution in [-0.2, 0) is 0 Å². The molecular weight excluding hydrogens is 440 g/mol. The van der Waals surface area contributed by atoms with E-state index in [-0.39, 0.29) is 11.1 Å². The Morgan fingerprint density at radius 1 is 1.09 bits per heavy atom. The Labute approximate surface area is 193 Å². The van der Waals surface area contributed by atoms with Gasteiger partial charge in [-0.25, -0.2) is 18.7 Å². The third kappa shape index (κ3) is 3.75. The number of aromatic amines is 1. The molecule has 0 amide bonds. The smallest absolute Gasteiger partial charge is 0.279 e. The molecule has 0 fully saturated rings. The first-order valence-corrected chi connectivity index (χ1v) is 10.6. The molecule has 0 radical (unpaired) electrons. The Balaban J connectivity index is 1.55. The second kappa shape index (κ2) is 8.26. The first-order valence-electron chi connectivity index (χ1n) is 10.6. The largest absolute Gasteiger partial charge is 0.495 e. The fourth-order valence-electron chi connectivity index (χ4n) is 4.03. The van der Waals surface area contributed by atoms with Gasteiger partial charge in [0.1, 0.15) is 23.2 Å². The molecule has 1 atom stereocenters. The highest BCUT2D eigenvalue weighted by atomic mass is 19.1. The van der Waals surface area contributed by atoms with E-state index in [1.54, 1.807) is 32.6 Å². The minimum Gasteiger partial charge on any atom is -0.495 e. The van der Waals surface area contributed by atoms with Gasteiger partial charge < -0.3 is 18.9 Å². The Morgan fingerprint density at radius 2 is 1.85 bits per heavy atom. The number of pyridine rings is 1. The maximum Gasteiger partial charge on any atom is 0.279 e. The van der Waals surface area contributed by atoms with Crippen molar-refractivity contribution in [3.63, 3.8) is 0 Å². The third-order valence-electron chi connectivity index (χ3n) is 5.80. The quantitative estimate of drug-likeness (QED) is 0.409. The first-order chi connectivity index (χ1) is 16.3. The maximum absolute atomic E-state index is 13.7. The van der Waals surface area contributed by atoms with E-state index in [0.717, 1.165) is 23.0 Å². The number of methoxy groups -OCH3 is 1. The van der Waals surface area contributed by atoms with Crippen LogP contribution in [0.5, 0.6) is 5.75 Å². The molecule has 3 heterocycles. The van der Waals surface area contributed by atoms with Gasteiger partial charge in [-0.1, -0.05) is 0 Å². The van der Waals surface area contributed by atoms with E-state index < -0.39 is 17.7 Å². The molecule has 0 aliphatic carbocycles. The SMILES string of the molecule is COc1cc(-c2nc3c(=O)n(C(C)c4cc(F)cc(F)c4)ccc3[nH]2)ccc1-n1cnc(C)c1. The normalized spacial score (nSPS) is 12.3. The second-order valence-corrected chi connectivity index (χ2v) is 8.06. The van der Waals surface area contributed by atoms with Crippen LogP contribution >= 0.6 is 0 Å². The number of aryl methyl sites for hydroxylation is 1. The highest BCUT2D eigenvalue weighted by Gasteiger charge is 2.17. The summed E-state index contributed by atoms with van der Waals surface area (Å²) in [6.07, 6.45) is 5.19. The zero-order chi connectivity index (χ0) is 24.0. The van der Waals surface area contributed by atoms with Crippen LogP contribution in [0.1, 0.15) is 24.2 Å². The molecule has 0 spiro atoms. The Morgan fingerprint density at radius 3 is 2.53 bits per heavy atom. The molecule has 0 saturated carbocycles. The molecule has 9 heteroatoms. The van der Waals surface area contributed by atoms with Gasteiger partial charge in [-0.2, -0.15) is 0 Å². The van der Waals surface area contributed by atoms with Crippen molar-refractivity contribution in [3.8, 4) is 22.8 Å². The number of hydrogen-bond acceptors (Lipinski definition) is 4. The number of hydrogen-bond donors (Lipinski definition) is 1. The molecule has 5 rings (SSSR count). The molecule has 34 heavy (non-hydrogen) atoms. The summed E-state index contributed by atoms with van der Waals surface area (Å²) in [7, 11) is 1.58. The zero-order valence-corrected chi connectivity index (χ0v) is 18.7. The van der Waals surface area contributed by atoms with Crippen molar-refractivity contribution < 1.29 is 13.5 Å². The van der Waals surface area contributed by atoms with Crippen LogP contribution in [0.2, 0.25) is 0 Å². The van der Waals surface area contributed by atoms with Crippen LogP contribution in [0, 0.1) is 18.6 Å². The second-order valence-electron chi connectivity index (χ2n) is 8.06. The number of benzene rings is 2. The predicted molar refractivity (Wildman–Crippen MR) is 124 cm³/mol. The average Bonchev–Trinajstić information content (AvgIpc) is 3.45. The summed E-state index contributed by atoms with van der Waals surface area (Å²) in [4.78, 5) is 25.1. The van der Waals surface area contributed by atoms with Gasteiger partial charge in [-0.15, -0.1) is 0 Å². The molecule has 0 saturated heterocycles. The van der Waals surface area contributed by atoms with Crippen LogP contribution in [0.3, 0.4) is 0 Å². The van der Waals surface area contributed by atoms with Gasteiger partial charge in [0.2, 0.25) is 0 Å².